The van der Waals surface area contributed by atoms with Gasteiger partial charge in [-0.05, 0) is 49.5 Å². The van der Waals surface area contributed by atoms with E-state index >= 15 is 0 Å². The molecule has 36 heavy (non-hydrogen) atoms. The number of aromatic amines is 1. The van der Waals surface area contributed by atoms with Gasteiger partial charge in [-0.2, -0.15) is 10.2 Å². The van der Waals surface area contributed by atoms with E-state index in [-0.39, 0.29) is 12.3 Å². The Labute approximate surface area is 213 Å². The molecule has 0 aliphatic carbocycles. The molecular formula is C27H25N7OS. The Bertz CT molecular complexity index is 1540. The van der Waals surface area contributed by atoms with Gasteiger partial charge in [0.05, 0.1) is 11.4 Å². The molecule has 5 rings (SSSR count). The standard InChI is InChI=1S/C27H25N7OS/c1-19-6-5-7-21(16-19)26-30-31-27(36)33(26)15-12-24(35)29-17-22-18-34(23-8-3-2-4-9-23)32-25(22)20-10-13-28-14-11-20/h2-11,13-14,16,18H,12,15,17H2,1H3,(H,29,35)(H,31,36). The highest BCUT2D eigenvalue weighted by Crippen LogP contribution is 2.23. The molecule has 8 nitrogen and oxygen atoms in total. The van der Waals surface area contributed by atoms with Crippen LogP contribution in [0.1, 0.15) is 17.5 Å². The lowest BCUT2D eigenvalue weighted by Crippen LogP contribution is -2.24. The van der Waals surface area contributed by atoms with Crippen LogP contribution in [0.5, 0.6) is 0 Å². The van der Waals surface area contributed by atoms with Crippen LogP contribution in [0.4, 0.5) is 0 Å². The van der Waals surface area contributed by atoms with Gasteiger partial charge >= 0.3 is 0 Å². The number of aromatic nitrogens is 6. The highest BCUT2D eigenvalue weighted by Gasteiger charge is 2.15. The summed E-state index contributed by atoms with van der Waals surface area (Å²) in [5.41, 5.74) is 5.70. The van der Waals surface area contributed by atoms with Crippen molar-refractivity contribution < 1.29 is 4.79 Å². The van der Waals surface area contributed by atoms with Crippen molar-refractivity contribution in [2.75, 3.05) is 0 Å². The Hall–Kier alpha value is -4.37. The van der Waals surface area contributed by atoms with Crippen LogP contribution >= 0.6 is 12.2 Å². The van der Waals surface area contributed by atoms with Crippen LogP contribution in [0.25, 0.3) is 28.3 Å². The lowest BCUT2D eigenvalue weighted by atomic mass is 10.1. The molecule has 1 amide bonds. The van der Waals surface area contributed by atoms with Crippen molar-refractivity contribution in [2.24, 2.45) is 0 Å². The van der Waals surface area contributed by atoms with E-state index in [1.165, 1.54) is 0 Å². The first kappa shape index (κ1) is 23.4. The van der Waals surface area contributed by atoms with Gasteiger partial charge in [0.1, 0.15) is 0 Å². The van der Waals surface area contributed by atoms with Crippen LogP contribution in [0.2, 0.25) is 0 Å². The normalized spacial score (nSPS) is 10.9. The first-order valence-electron chi connectivity index (χ1n) is 11.6. The number of carbonyl (C=O) groups excluding carboxylic acids is 1. The zero-order chi connectivity index (χ0) is 24.9. The number of pyridine rings is 1. The predicted octanol–water partition coefficient (Wildman–Crippen LogP) is 4.87. The maximum absolute atomic E-state index is 12.8. The second kappa shape index (κ2) is 10.5. The van der Waals surface area contributed by atoms with Crippen molar-refractivity contribution in [2.45, 2.75) is 26.4 Å². The Balaban J connectivity index is 1.30. The van der Waals surface area contributed by atoms with Crippen LogP contribution in [0.3, 0.4) is 0 Å². The molecule has 0 atom stereocenters. The third kappa shape index (κ3) is 5.16. The van der Waals surface area contributed by atoms with Crippen molar-refractivity contribution in [1.82, 2.24) is 34.8 Å². The van der Waals surface area contributed by atoms with Crippen LogP contribution < -0.4 is 5.32 Å². The fourth-order valence-electron chi connectivity index (χ4n) is 4.03. The van der Waals surface area contributed by atoms with E-state index < -0.39 is 0 Å². The number of para-hydroxylation sites is 1. The number of rotatable bonds is 8. The number of H-pyrrole nitrogens is 1. The van der Waals surface area contributed by atoms with E-state index in [9.17, 15) is 4.79 Å². The molecule has 0 radical (unpaired) electrons. The maximum Gasteiger partial charge on any atom is 0.222 e. The van der Waals surface area contributed by atoms with E-state index in [0.717, 1.165) is 39.5 Å². The first-order chi connectivity index (χ1) is 17.6. The van der Waals surface area contributed by atoms with Crippen molar-refractivity contribution in [3.63, 3.8) is 0 Å². The van der Waals surface area contributed by atoms with Crippen molar-refractivity contribution >= 4 is 18.1 Å². The van der Waals surface area contributed by atoms with Gasteiger partial charge in [-0.25, -0.2) is 4.68 Å². The van der Waals surface area contributed by atoms with Crippen molar-refractivity contribution in [1.29, 1.82) is 0 Å². The molecule has 9 heteroatoms. The molecule has 2 aromatic carbocycles. The van der Waals surface area contributed by atoms with Gasteiger partial charge < -0.3 is 5.32 Å². The minimum Gasteiger partial charge on any atom is -0.352 e. The Kier molecular flexibility index (Phi) is 6.81. The monoisotopic (exact) mass is 495 g/mol. The highest BCUT2D eigenvalue weighted by molar-refractivity contribution is 7.71. The third-order valence-electron chi connectivity index (χ3n) is 5.84. The highest BCUT2D eigenvalue weighted by atomic mass is 32.1. The predicted molar refractivity (Wildman–Crippen MR) is 141 cm³/mol. The minimum absolute atomic E-state index is 0.0820. The summed E-state index contributed by atoms with van der Waals surface area (Å²) in [6.07, 6.45) is 5.69. The van der Waals surface area contributed by atoms with E-state index in [2.05, 4.69) is 20.5 Å². The average Bonchev–Trinajstić information content (AvgIpc) is 3.51. The summed E-state index contributed by atoms with van der Waals surface area (Å²) >= 11 is 5.42. The second-order valence-corrected chi connectivity index (χ2v) is 8.81. The number of nitrogens with zero attached hydrogens (tertiary/aromatic N) is 5. The number of hydrogen-bond donors (Lipinski definition) is 2. The molecule has 0 saturated heterocycles. The molecule has 5 aromatic rings. The zero-order valence-corrected chi connectivity index (χ0v) is 20.6. The Morgan fingerprint density at radius 2 is 1.83 bits per heavy atom. The van der Waals surface area contributed by atoms with Crippen LogP contribution in [0, 0.1) is 11.7 Å². The minimum atomic E-state index is -0.0820. The summed E-state index contributed by atoms with van der Waals surface area (Å²) in [7, 11) is 0. The maximum atomic E-state index is 12.8. The fraction of sp³-hybridized carbons (Fsp3) is 0.148. The third-order valence-corrected chi connectivity index (χ3v) is 6.15. The van der Waals surface area contributed by atoms with Crippen molar-refractivity contribution in [3.05, 3.63) is 101 Å². The molecule has 0 aliphatic heterocycles. The van der Waals surface area contributed by atoms with E-state index in [1.54, 1.807) is 12.4 Å². The Morgan fingerprint density at radius 1 is 1.03 bits per heavy atom. The lowest BCUT2D eigenvalue weighted by molar-refractivity contribution is -0.121. The molecule has 0 unspecified atom stereocenters. The largest absolute Gasteiger partial charge is 0.352 e. The van der Waals surface area contributed by atoms with Gasteiger partial charge in [0.25, 0.3) is 0 Å². The molecular weight excluding hydrogens is 470 g/mol. The van der Waals surface area contributed by atoms with Crippen LogP contribution in [0.15, 0.2) is 85.3 Å². The number of hydrogen-bond acceptors (Lipinski definition) is 5. The SMILES string of the molecule is Cc1cccc(-c2n[nH]c(=S)n2CCC(=O)NCc2cn(-c3ccccc3)nc2-c2ccncc2)c1. The number of carbonyl (C=O) groups is 1. The molecule has 3 heterocycles. The molecule has 0 bridgehead atoms. The quantitative estimate of drug-likeness (QED) is 0.300. The number of amides is 1. The second-order valence-electron chi connectivity index (χ2n) is 8.42. The summed E-state index contributed by atoms with van der Waals surface area (Å²) < 4.78 is 4.18. The summed E-state index contributed by atoms with van der Waals surface area (Å²) in [6, 6.07) is 21.8. The topological polar surface area (TPSA) is 93.4 Å². The number of aryl methyl sites for hydroxylation is 1. The molecule has 0 spiro atoms. The summed E-state index contributed by atoms with van der Waals surface area (Å²) in [4.78, 5) is 16.9. The Morgan fingerprint density at radius 3 is 2.61 bits per heavy atom. The van der Waals surface area contributed by atoms with Gasteiger partial charge in [-0.1, -0.05) is 42.0 Å². The van der Waals surface area contributed by atoms with Gasteiger partial charge in [-0.3, -0.25) is 19.4 Å². The molecule has 0 fully saturated rings. The van der Waals surface area contributed by atoms with Crippen LogP contribution in [-0.2, 0) is 17.9 Å². The molecule has 2 N–H and O–H groups in total. The van der Waals surface area contributed by atoms with E-state index in [0.29, 0.717) is 17.9 Å². The summed E-state index contributed by atoms with van der Waals surface area (Å²) in [6.45, 7) is 2.80. The van der Waals surface area contributed by atoms with Crippen LogP contribution in [-0.4, -0.2) is 35.4 Å². The average molecular weight is 496 g/mol. The fourth-order valence-corrected chi connectivity index (χ4v) is 4.25. The summed E-state index contributed by atoms with van der Waals surface area (Å²) in [5, 5.41) is 15.0. The molecule has 180 valence electrons. The smallest absolute Gasteiger partial charge is 0.222 e. The van der Waals surface area contributed by atoms with Gasteiger partial charge in [0.2, 0.25) is 5.91 Å². The summed E-state index contributed by atoms with van der Waals surface area (Å²) in [5.74, 6) is 0.641. The van der Waals surface area contributed by atoms with Crippen molar-refractivity contribution in [3.8, 4) is 28.3 Å². The molecule has 3 aromatic heterocycles. The van der Waals surface area contributed by atoms with E-state index in [4.69, 9.17) is 17.3 Å². The lowest BCUT2D eigenvalue weighted by Gasteiger charge is -2.09. The number of nitrogens with one attached hydrogen (secondary N) is 2. The van der Waals surface area contributed by atoms with Gasteiger partial charge in [0, 0.05) is 54.8 Å². The molecule has 0 saturated carbocycles. The first-order valence-corrected chi connectivity index (χ1v) is 12.0. The zero-order valence-electron chi connectivity index (χ0n) is 19.8. The van der Waals surface area contributed by atoms with Gasteiger partial charge in [-0.15, -0.1) is 0 Å². The number of benzene rings is 2. The molecule has 0 aliphatic rings. The van der Waals surface area contributed by atoms with Gasteiger partial charge in [0.15, 0.2) is 10.6 Å². The van der Waals surface area contributed by atoms with E-state index in [1.807, 2.05) is 89.1 Å².